The van der Waals surface area contributed by atoms with Crippen molar-refractivity contribution in [1.82, 2.24) is 5.32 Å². The van der Waals surface area contributed by atoms with Gasteiger partial charge in [0.2, 0.25) is 3.79 Å². The van der Waals surface area contributed by atoms with Gasteiger partial charge >= 0.3 is 6.09 Å². The molecule has 1 spiro atoms. The summed E-state index contributed by atoms with van der Waals surface area (Å²) in [7, 11) is 1.47. The molecule has 186 valence electrons. The van der Waals surface area contributed by atoms with Gasteiger partial charge < -0.3 is 19.5 Å². The molecule has 2 bridgehead atoms. The molecule has 1 saturated carbocycles. The molecule has 4 fully saturated rings. The van der Waals surface area contributed by atoms with Gasteiger partial charge in [-0.1, -0.05) is 59.9 Å². The van der Waals surface area contributed by atoms with Crippen LogP contribution in [0.25, 0.3) is 0 Å². The van der Waals surface area contributed by atoms with E-state index in [9.17, 15) is 9.59 Å². The molecule has 6 atom stereocenters. The second-order valence-electron chi connectivity index (χ2n) is 9.45. The lowest BCUT2D eigenvalue weighted by Gasteiger charge is -2.40. The third-order valence-electron chi connectivity index (χ3n) is 7.89. The van der Waals surface area contributed by atoms with Crippen LogP contribution < -0.4 is 10.4 Å². The Balaban J connectivity index is 1.54. The van der Waals surface area contributed by atoms with Gasteiger partial charge in [0.1, 0.15) is 12.0 Å². The minimum absolute atomic E-state index is 0.0741. The van der Waals surface area contributed by atoms with Gasteiger partial charge in [-0.15, -0.1) is 0 Å². The summed E-state index contributed by atoms with van der Waals surface area (Å²) in [6.07, 6.45) is 0.709. The molecule has 0 radical (unpaired) electrons. The third kappa shape index (κ3) is 3.87. The fourth-order valence-corrected chi connectivity index (χ4v) is 6.35. The van der Waals surface area contributed by atoms with Gasteiger partial charge in [0, 0.05) is 12.0 Å². The highest BCUT2D eigenvalue weighted by atomic mass is 35.6. The first-order valence-corrected chi connectivity index (χ1v) is 12.5. The van der Waals surface area contributed by atoms with Crippen molar-refractivity contribution in [1.29, 1.82) is 0 Å². The van der Waals surface area contributed by atoms with Gasteiger partial charge in [-0.3, -0.25) is 9.63 Å². The Morgan fingerprint density at radius 1 is 1.32 bits per heavy atom. The lowest BCUT2D eigenvalue weighted by molar-refractivity contribution is -0.139. The maximum atomic E-state index is 13.9. The molecule has 11 heteroatoms. The molecule has 0 unspecified atom stereocenters. The summed E-state index contributed by atoms with van der Waals surface area (Å²) >= 11 is 17.2. The molecule has 4 aliphatic heterocycles. The number of alkyl halides is 3. The average Bonchev–Trinajstić information content (AvgIpc) is 3.60. The van der Waals surface area contributed by atoms with E-state index in [1.165, 1.54) is 12.2 Å². The van der Waals surface area contributed by atoms with Crippen molar-refractivity contribution < 1.29 is 28.6 Å². The van der Waals surface area contributed by atoms with E-state index in [1.54, 1.807) is 0 Å². The first kappa shape index (κ1) is 24.4. The maximum Gasteiger partial charge on any atom is 0.407 e. The van der Waals surface area contributed by atoms with Crippen LogP contribution in [0.5, 0.6) is 0 Å². The van der Waals surface area contributed by atoms with Crippen molar-refractivity contribution in [3.05, 3.63) is 29.8 Å². The largest absolute Gasteiger partial charge is 0.445 e. The van der Waals surface area contributed by atoms with Crippen LogP contribution in [0, 0.1) is 11.8 Å². The summed E-state index contributed by atoms with van der Waals surface area (Å²) in [6.45, 7) is 2.75. The summed E-state index contributed by atoms with van der Waals surface area (Å²) in [4.78, 5) is 32.2. The molecule has 1 aromatic carbocycles. The van der Waals surface area contributed by atoms with E-state index < -0.39 is 27.9 Å². The molecule has 6 rings (SSSR count). The Bertz CT molecular complexity index is 984. The van der Waals surface area contributed by atoms with Gasteiger partial charge in [0.25, 0.3) is 5.91 Å². The molecule has 34 heavy (non-hydrogen) atoms. The van der Waals surface area contributed by atoms with E-state index in [0.29, 0.717) is 31.7 Å². The molecule has 1 aliphatic carbocycles. The molecule has 8 nitrogen and oxygen atoms in total. The molecule has 1 N–H and O–H groups in total. The molecule has 3 saturated heterocycles. The normalized spacial score (nSPS) is 36.4. The van der Waals surface area contributed by atoms with Crippen LogP contribution in [0.15, 0.2) is 24.3 Å². The Kier molecular flexibility index (Phi) is 6.23. The Labute approximate surface area is 213 Å². The van der Waals surface area contributed by atoms with Crippen molar-refractivity contribution >= 4 is 52.5 Å². The topological polar surface area (TPSA) is 89.6 Å². The number of halogens is 3. The van der Waals surface area contributed by atoms with Crippen LogP contribution in [-0.2, 0) is 29.3 Å². The van der Waals surface area contributed by atoms with E-state index in [4.69, 9.17) is 53.9 Å². The number of fused-ring (bicyclic) bond motifs is 4. The summed E-state index contributed by atoms with van der Waals surface area (Å²) in [5, 5.41) is 4.29. The van der Waals surface area contributed by atoms with Crippen LogP contribution in [0.3, 0.4) is 0 Å². The van der Waals surface area contributed by atoms with E-state index in [2.05, 4.69) is 12.2 Å². The highest BCUT2D eigenvalue weighted by molar-refractivity contribution is 6.67. The zero-order valence-electron chi connectivity index (χ0n) is 18.9. The quantitative estimate of drug-likeness (QED) is 0.456. The number of rotatable bonds is 5. The molecule has 1 aromatic rings. The summed E-state index contributed by atoms with van der Waals surface area (Å²) in [5.41, 5.74) is 0.220. The van der Waals surface area contributed by atoms with Gasteiger partial charge in [0.15, 0.2) is 0 Å². The zero-order valence-corrected chi connectivity index (χ0v) is 21.2. The summed E-state index contributed by atoms with van der Waals surface area (Å²) in [6, 6.07) is 7.13. The van der Waals surface area contributed by atoms with Crippen LogP contribution in [0.2, 0.25) is 0 Å². The number of ether oxygens (including phenoxy) is 3. The molecule has 0 aromatic heterocycles. The van der Waals surface area contributed by atoms with Gasteiger partial charge in [0.05, 0.1) is 37.7 Å². The molecular formula is C23H27Cl3N2O6. The van der Waals surface area contributed by atoms with E-state index in [0.717, 1.165) is 12.0 Å². The SMILES string of the molecule is CC[C@]1([C@@H]2C[C@@H]3OC[C@@H]2[C@@H](NC(=O)OCC(Cl)(Cl)Cl)C[C@@]32C(=O)N(OC)c3ccccc32)CO1. The average molecular weight is 534 g/mol. The summed E-state index contributed by atoms with van der Waals surface area (Å²) < 4.78 is 15.8. The molecule has 5 aliphatic rings. The monoisotopic (exact) mass is 532 g/mol. The Morgan fingerprint density at radius 2 is 2.06 bits per heavy atom. The van der Waals surface area contributed by atoms with Gasteiger partial charge in [-0.05, 0) is 36.8 Å². The number of carbonyl (C=O) groups excluding carboxylic acids is 2. The number of hydroxylamine groups is 1. The lowest BCUT2D eigenvalue weighted by Crippen LogP contribution is -2.51. The first-order chi connectivity index (χ1) is 16.1. The number of nitrogens with one attached hydrogen (secondary N) is 1. The smallest absolute Gasteiger partial charge is 0.407 e. The van der Waals surface area contributed by atoms with Gasteiger partial charge in [-0.2, -0.15) is 5.06 Å². The predicted octanol–water partition coefficient (Wildman–Crippen LogP) is 3.90. The number of alkyl carbamates (subject to hydrolysis) is 1. The molecule has 2 amide bonds. The van der Waals surface area contributed by atoms with Crippen molar-refractivity contribution in [2.45, 2.75) is 53.1 Å². The Hall–Kier alpha value is -1.29. The maximum absolute atomic E-state index is 13.9. The van der Waals surface area contributed by atoms with Crippen LogP contribution in [-0.4, -0.2) is 60.5 Å². The van der Waals surface area contributed by atoms with E-state index in [1.807, 2.05) is 24.3 Å². The number of hydrogen-bond acceptors (Lipinski definition) is 6. The number of para-hydroxylation sites is 1. The second kappa shape index (κ2) is 8.68. The Morgan fingerprint density at radius 3 is 2.71 bits per heavy atom. The van der Waals surface area contributed by atoms with Crippen molar-refractivity contribution in [2.24, 2.45) is 11.8 Å². The van der Waals surface area contributed by atoms with Gasteiger partial charge in [-0.25, -0.2) is 4.79 Å². The van der Waals surface area contributed by atoms with E-state index in [-0.39, 0.29) is 29.4 Å². The number of epoxide rings is 1. The standard InChI is InChI=1S/C23H27Cl3N2O6/c1-3-21(11-34-21)15-8-18-22(14-6-4-5-7-17(14)28(31-2)19(22)29)9-16(13(15)10-32-18)27-20(30)33-12-23(24,25)26/h4-7,13,15-16,18H,3,8-12H2,1-2H3,(H,27,30)/t13-,15+,16-,18-,21+,22-/m0/s1. The number of carbonyl (C=O) groups is 2. The van der Waals surface area contributed by atoms with Crippen LogP contribution in [0.1, 0.15) is 31.7 Å². The number of nitrogens with zero attached hydrogens (tertiary/aromatic N) is 1. The first-order valence-electron chi connectivity index (χ1n) is 11.4. The zero-order chi connectivity index (χ0) is 24.3. The predicted molar refractivity (Wildman–Crippen MR) is 126 cm³/mol. The minimum atomic E-state index is -1.72. The minimum Gasteiger partial charge on any atom is -0.445 e. The fourth-order valence-electron chi connectivity index (χ4n) is 6.19. The van der Waals surface area contributed by atoms with Crippen LogP contribution >= 0.6 is 34.8 Å². The number of benzene rings is 1. The third-order valence-corrected chi connectivity index (χ3v) is 8.22. The number of amides is 2. The van der Waals surface area contributed by atoms with Crippen molar-refractivity contribution in [3.8, 4) is 0 Å². The number of anilines is 1. The van der Waals surface area contributed by atoms with Crippen molar-refractivity contribution in [2.75, 3.05) is 32.0 Å². The van der Waals surface area contributed by atoms with E-state index >= 15 is 0 Å². The highest BCUT2D eigenvalue weighted by Crippen LogP contribution is 2.58. The molecule has 4 heterocycles. The lowest BCUT2D eigenvalue weighted by atomic mass is 9.71. The fraction of sp³-hybridized carbons (Fsp3) is 0.652. The van der Waals surface area contributed by atoms with Crippen LogP contribution in [0.4, 0.5) is 10.5 Å². The number of hydrogen-bond donors (Lipinski definition) is 1. The summed E-state index contributed by atoms with van der Waals surface area (Å²) in [5.74, 6) is -0.174. The second-order valence-corrected chi connectivity index (χ2v) is 12.0. The molecular weight excluding hydrogens is 507 g/mol. The van der Waals surface area contributed by atoms with Crippen molar-refractivity contribution in [3.63, 3.8) is 0 Å². The highest BCUT2D eigenvalue weighted by Gasteiger charge is 2.66.